The predicted octanol–water partition coefficient (Wildman–Crippen LogP) is 3.39. The summed E-state index contributed by atoms with van der Waals surface area (Å²) in [5, 5.41) is 7.10. The SMILES string of the molecule is CCCNC(=O)c1sc(NCc2ccccc2C)cc1N. The van der Waals surface area contributed by atoms with E-state index in [0.29, 0.717) is 17.1 Å². The van der Waals surface area contributed by atoms with Crippen molar-refractivity contribution >= 4 is 27.9 Å². The first-order valence-electron chi connectivity index (χ1n) is 7.07. The lowest BCUT2D eigenvalue weighted by atomic mass is 10.1. The Balaban J connectivity index is 2.02. The van der Waals surface area contributed by atoms with Crippen LogP contribution in [-0.4, -0.2) is 12.5 Å². The summed E-state index contributed by atoms with van der Waals surface area (Å²) in [6.45, 7) is 5.50. The van der Waals surface area contributed by atoms with E-state index in [4.69, 9.17) is 5.73 Å². The summed E-state index contributed by atoms with van der Waals surface area (Å²) in [7, 11) is 0. The number of thiophene rings is 1. The molecular weight excluding hydrogens is 282 g/mol. The summed E-state index contributed by atoms with van der Waals surface area (Å²) >= 11 is 1.39. The number of aryl methyl sites for hydroxylation is 1. The lowest BCUT2D eigenvalue weighted by Crippen LogP contribution is -2.23. The molecule has 2 rings (SSSR count). The average Bonchev–Trinajstić information content (AvgIpc) is 2.85. The average molecular weight is 303 g/mol. The molecule has 4 N–H and O–H groups in total. The third-order valence-electron chi connectivity index (χ3n) is 3.22. The molecule has 1 aromatic heterocycles. The van der Waals surface area contributed by atoms with Gasteiger partial charge in [0.2, 0.25) is 0 Å². The minimum absolute atomic E-state index is 0.0942. The Morgan fingerprint density at radius 1 is 1.33 bits per heavy atom. The molecule has 0 saturated heterocycles. The minimum atomic E-state index is -0.0942. The van der Waals surface area contributed by atoms with Crippen molar-refractivity contribution in [3.63, 3.8) is 0 Å². The summed E-state index contributed by atoms with van der Waals surface area (Å²) < 4.78 is 0. The second-order valence-electron chi connectivity index (χ2n) is 4.93. The van der Waals surface area contributed by atoms with Crippen LogP contribution in [0.15, 0.2) is 30.3 Å². The van der Waals surface area contributed by atoms with Crippen LogP contribution in [0.4, 0.5) is 10.7 Å². The van der Waals surface area contributed by atoms with Gasteiger partial charge in [0, 0.05) is 13.1 Å². The van der Waals surface area contributed by atoms with Gasteiger partial charge < -0.3 is 16.4 Å². The van der Waals surface area contributed by atoms with Crippen molar-refractivity contribution in [1.29, 1.82) is 0 Å². The second-order valence-corrected chi connectivity index (χ2v) is 5.98. The van der Waals surface area contributed by atoms with Crippen LogP contribution >= 0.6 is 11.3 Å². The van der Waals surface area contributed by atoms with Crippen molar-refractivity contribution in [2.75, 3.05) is 17.6 Å². The number of amides is 1. The maximum Gasteiger partial charge on any atom is 0.263 e. The summed E-state index contributed by atoms with van der Waals surface area (Å²) in [4.78, 5) is 12.5. The number of benzene rings is 1. The molecule has 0 saturated carbocycles. The minimum Gasteiger partial charge on any atom is -0.397 e. The first-order chi connectivity index (χ1) is 10.1. The van der Waals surface area contributed by atoms with Crippen LogP contribution in [0.5, 0.6) is 0 Å². The molecule has 0 atom stereocenters. The van der Waals surface area contributed by atoms with Crippen LogP contribution in [-0.2, 0) is 6.54 Å². The molecule has 2 aromatic rings. The van der Waals surface area contributed by atoms with E-state index >= 15 is 0 Å². The number of hydrogen-bond donors (Lipinski definition) is 3. The molecule has 0 aliphatic heterocycles. The number of hydrogen-bond acceptors (Lipinski definition) is 4. The molecule has 112 valence electrons. The van der Waals surface area contributed by atoms with Gasteiger partial charge in [0.1, 0.15) is 4.88 Å². The maximum absolute atomic E-state index is 12.0. The van der Waals surface area contributed by atoms with Gasteiger partial charge in [-0.15, -0.1) is 11.3 Å². The zero-order chi connectivity index (χ0) is 15.2. The quantitative estimate of drug-likeness (QED) is 0.766. The van der Waals surface area contributed by atoms with Gasteiger partial charge in [0.15, 0.2) is 0 Å². The number of nitrogens with two attached hydrogens (primary N) is 1. The highest BCUT2D eigenvalue weighted by Gasteiger charge is 2.13. The van der Waals surface area contributed by atoms with Crippen LogP contribution in [0.2, 0.25) is 0 Å². The number of anilines is 2. The van der Waals surface area contributed by atoms with E-state index in [1.807, 2.05) is 25.1 Å². The highest BCUT2D eigenvalue weighted by atomic mass is 32.1. The Kier molecular flexibility index (Phi) is 5.22. The normalized spacial score (nSPS) is 10.4. The first-order valence-corrected chi connectivity index (χ1v) is 7.89. The van der Waals surface area contributed by atoms with Gasteiger partial charge in [0.25, 0.3) is 5.91 Å². The predicted molar refractivity (Wildman–Crippen MR) is 89.9 cm³/mol. The molecule has 5 heteroatoms. The number of nitrogens with one attached hydrogen (secondary N) is 2. The fraction of sp³-hybridized carbons (Fsp3) is 0.312. The lowest BCUT2D eigenvalue weighted by Gasteiger charge is -2.06. The van der Waals surface area contributed by atoms with E-state index in [0.717, 1.165) is 18.0 Å². The van der Waals surface area contributed by atoms with E-state index in [-0.39, 0.29) is 5.91 Å². The molecule has 0 radical (unpaired) electrons. The summed E-state index contributed by atoms with van der Waals surface area (Å²) in [6.07, 6.45) is 0.912. The smallest absolute Gasteiger partial charge is 0.263 e. The lowest BCUT2D eigenvalue weighted by molar-refractivity contribution is 0.0958. The van der Waals surface area contributed by atoms with Crippen LogP contribution in [0.3, 0.4) is 0 Å². The standard InChI is InChI=1S/C16H21N3OS/c1-3-8-18-16(20)15-13(17)9-14(21-15)19-10-12-7-5-4-6-11(12)2/h4-7,9,19H,3,8,10,17H2,1-2H3,(H,18,20). The molecule has 0 fully saturated rings. The number of nitrogen functional groups attached to an aromatic ring is 1. The zero-order valence-corrected chi connectivity index (χ0v) is 13.2. The Labute approximate surface area is 129 Å². The van der Waals surface area contributed by atoms with E-state index in [2.05, 4.69) is 29.7 Å². The van der Waals surface area contributed by atoms with Crippen molar-refractivity contribution in [3.05, 3.63) is 46.3 Å². The van der Waals surface area contributed by atoms with Gasteiger partial charge in [0.05, 0.1) is 10.7 Å². The molecule has 0 aliphatic carbocycles. The third-order valence-corrected chi connectivity index (χ3v) is 4.32. The van der Waals surface area contributed by atoms with E-state index in [1.165, 1.54) is 22.5 Å². The van der Waals surface area contributed by atoms with Gasteiger partial charge in [-0.3, -0.25) is 4.79 Å². The number of carbonyl (C=O) groups is 1. The van der Waals surface area contributed by atoms with Crippen LogP contribution < -0.4 is 16.4 Å². The topological polar surface area (TPSA) is 67.2 Å². The third kappa shape index (κ3) is 3.98. The Morgan fingerprint density at radius 3 is 2.81 bits per heavy atom. The number of carbonyl (C=O) groups excluding carboxylic acids is 1. The molecule has 0 unspecified atom stereocenters. The Morgan fingerprint density at radius 2 is 2.10 bits per heavy atom. The molecule has 0 aliphatic rings. The Hall–Kier alpha value is -2.01. The van der Waals surface area contributed by atoms with Crippen LogP contribution in [0.1, 0.15) is 34.1 Å². The fourth-order valence-corrected chi connectivity index (χ4v) is 2.87. The molecule has 1 heterocycles. The summed E-state index contributed by atoms with van der Waals surface area (Å²) in [5.41, 5.74) is 8.93. The van der Waals surface area contributed by atoms with Crippen molar-refractivity contribution in [3.8, 4) is 0 Å². The summed E-state index contributed by atoms with van der Waals surface area (Å²) in [6, 6.07) is 10.1. The molecule has 4 nitrogen and oxygen atoms in total. The molecule has 0 spiro atoms. The fourth-order valence-electron chi connectivity index (χ4n) is 1.98. The van der Waals surface area contributed by atoms with Crippen molar-refractivity contribution in [2.45, 2.75) is 26.8 Å². The van der Waals surface area contributed by atoms with Gasteiger partial charge in [-0.1, -0.05) is 31.2 Å². The highest BCUT2D eigenvalue weighted by Crippen LogP contribution is 2.29. The van der Waals surface area contributed by atoms with Crippen molar-refractivity contribution in [1.82, 2.24) is 5.32 Å². The largest absolute Gasteiger partial charge is 0.397 e. The van der Waals surface area contributed by atoms with Gasteiger partial charge >= 0.3 is 0 Å². The van der Waals surface area contributed by atoms with Gasteiger partial charge in [-0.05, 0) is 30.5 Å². The van der Waals surface area contributed by atoms with E-state index in [9.17, 15) is 4.79 Å². The molecule has 1 amide bonds. The van der Waals surface area contributed by atoms with Crippen molar-refractivity contribution in [2.24, 2.45) is 0 Å². The molecule has 1 aromatic carbocycles. The summed E-state index contributed by atoms with van der Waals surface area (Å²) in [5.74, 6) is -0.0942. The zero-order valence-electron chi connectivity index (χ0n) is 12.4. The monoisotopic (exact) mass is 303 g/mol. The second kappa shape index (κ2) is 7.13. The van der Waals surface area contributed by atoms with Crippen LogP contribution in [0.25, 0.3) is 0 Å². The van der Waals surface area contributed by atoms with E-state index < -0.39 is 0 Å². The molecular formula is C16H21N3OS. The van der Waals surface area contributed by atoms with Gasteiger partial charge in [-0.2, -0.15) is 0 Å². The number of rotatable bonds is 6. The van der Waals surface area contributed by atoms with Crippen molar-refractivity contribution < 1.29 is 4.79 Å². The van der Waals surface area contributed by atoms with E-state index in [1.54, 1.807) is 0 Å². The first kappa shape index (κ1) is 15.4. The maximum atomic E-state index is 12.0. The molecule has 0 bridgehead atoms. The van der Waals surface area contributed by atoms with Crippen LogP contribution in [0, 0.1) is 6.92 Å². The highest BCUT2D eigenvalue weighted by molar-refractivity contribution is 7.18. The molecule has 21 heavy (non-hydrogen) atoms. The van der Waals surface area contributed by atoms with Gasteiger partial charge in [-0.25, -0.2) is 0 Å². The Bertz CT molecular complexity index is 622.